The van der Waals surface area contributed by atoms with E-state index in [1.54, 1.807) is 12.1 Å². The van der Waals surface area contributed by atoms with Gasteiger partial charge >= 0.3 is 11.6 Å². The molecule has 3 aromatic heterocycles. The highest BCUT2D eigenvalue weighted by Crippen LogP contribution is 2.51. The molecule has 0 amide bonds. The molecule has 2 aliphatic rings. The first-order valence-corrected chi connectivity index (χ1v) is 15.2. The molecule has 2 aliphatic heterocycles. The molecule has 6 rings (SSSR count). The number of carboxylic acid groups (broad SMARTS) is 1. The number of anilines is 1. The molecule has 6 nitrogen and oxygen atoms in total. The lowest BCUT2D eigenvalue weighted by Crippen LogP contribution is -2.44. The fourth-order valence-electron chi connectivity index (χ4n) is 5.89. The lowest BCUT2D eigenvalue weighted by molar-refractivity contribution is -0.132. The van der Waals surface area contributed by atoms with Crippen LogP contribution >= 0.6 is 22.7 Å². The van der Waals surface area contributed by atoms with Crippen LogP contribution in [-0.4, -0.2) is 24.2 Å². The molecule has 208 valence electrons. The van der Waals surface area contributed by atoms with Crippen molar-refractivity contribution in [3.63, 3.8) is 0 Å². The average Bonchev–Trinajstić information content (AvgIpc) is 3.58. The summed E-state index contributed by atoms with van der Waals surface area (Å²) in [6, 6.07) is 13.6. The molecule has 0 unspecified atom stereocenters. The van der Waals surface area contributed by atoms with Crippen molar-refractivity contribution in [2.24, 2.45) is 0 Å². The van der Waals surface area contributed by atoms with Gasteiger partial charge in [-0.2, -0.15) is 5.26 Å². The summed E-state index contributed by atoms with van der Waals surface area (Å²) in [6.07, 6.45) is 7.40. The fraction of sp³-hybridized carbons (Fsp3) is 0.303. The van der Waals surface area contributed by atoms with E-state index in [9.17, 15) is 9.59 Å². The van der Waals surface area contributed by atoms with Gasteiger partial charge < -0.3 is 14.4 Å². The van der Waals surface area contributed by atoms with Crippen LogP contribution in [0.15, 0.2) is 51.2 Å². The summed E-state index contributed by atoms with van der Waals surface area (Å²) in [7, 11) is 0. The topological polar surface area (TPSA) is 94.5 Å². The van der Waals surface area contributed by atoms with Gasteiger partial charge in [0.15, 0.2) is 0 Å². The third-order valence-electron chi connectivity index (χ3n) is 8.32. The second kappa shape index (κ2) is 9.86. The summed E-state index contributed by atoms with van der Waals surface area (Å²) in [5.74, 6) is -1.24. The van der Waals surface area contributed by atoms with Gasteiger partial charge in [0.05, 0.1) is 5.56 Å². The van der Waals surface area contributed by atoms with Crippen molar-refractivity contribution in [3.8, 4) is 16.5 Å². The van der Waals surface area contributed by atoms with Crippen molar-refractivity contribution in [2.45, 2.75) is 51.4 Å². The van der Waals surface area contributed by atoms with Gasteiger partial charge in [-0.3, -0.25) is 0 Å². The highest BCUT2D eigenvalue weighted by molar-refractivity contribution is 7.16. The minimum absolute atomic E-state index is 0.0423. The van der Waals surface area contributed by atoms with E-state index < -0.39 is 5.97 Å². The van der Waals surface area contributed by atoms with Crippen molar-refractivity contribution in [2.75, 3.05) is 18.0 Å². The number of rotatable bonds is 5. The molecule has 8 heteroatoms. The van der Waals surface area contributed by atoms with Crippen LogP contribution < -0.4 is 10.5 Å². The Bertz CT molecular complexity index is 1870. The van der Waals surface area contributed by atoms with Gasteiger partial charge in [0.1, 0.15) is 17.2 Å². The summed E-state index contributed by atoms with van der Waals surface area (Å²) in [5.41, 5.74) is 4.38. The van der Waals surface area contributed by atoms with Crippen LogP contribution in [0.3, 0.4) is 0 Å². The first-order valence-electron chi connectivity index (χ1n) is 13.6. The molecular formula is C33H30N2O4S2. The van der Waals surface area contributed by atoms with Crippen molar-refractivity contribution in [1.82, 2.24) is 0 Å². The first kappa shape index (κ1) is 27.3. The third kappa shape index (κ3) is 4.83. The Hall–Kier alpha value is -3.93. The summed E-state index contributed by atoms with van der Waals surface area (Å²) in [5, 5.41) is 19.0. The van der Waals surface area contributed by atoms with Crippen LogP contribution in [-0.2, 0) is 15.6 Å². The smallest absolute Gasteiger partial charge is 0.346 e. The van der Waals surface area contributed by atoms with Crippen molar-refractivity contribution in [3.05, 3.63) is 78.1 Å². The largest absolute Gasteiger partial charge is 0.477 e. The fourth-order valence-corrected chi connectivity index (χ4v) is 7.67. The molecule has 0 spiro atoms. The molecule has 0 aliphatic carbocycles. The Morgan fingerprint density at radius 1 is 1.00 bits per heavy atom. The van der Waals surface area contributed by atoms with Crippen LogP contribution in [0.5, 0.6) is 0 Å². The summed E-state index contributed by atoms with van der Waals surface area (Å²) in [4.78, 5) is 30.4. The Morgan fingerprint density at radius 3 is 2.37 bits per heavy atom. The Balaban J connectivity index is 1.36. The van der Waals surface area contributed by atoms with Crippen LogP contribution in [0.2, 0.25) is 0 Å². The van der Waals surface area contributed by atoms with E-state index in [1.165, 1.54) is 40.0 Å². The number of carbonyl (C=O) groups is 1. The average molecular weight is 583 g/mol. The second-order valence-corrected chi connectivity index (χ2v) is 14.3. The minimum Gasteiger partial charge on any atom is -0.477 e. The van der Waals surface area contributed by atoms with Gasteiger partial charge in [0.2, 0.25) is 0 Å². The SMILES string of the molecule is CC1(C)CCN2CCC(C)(C)c3c2c1cc1cc(-c2ccc(C=Cc4ccc(C=C(C#N)C(=O)O)s4)s2)c(=O)oc31. The minimum atomic E-state index is -1.24. The van der Waals surface area contributed by atoms with Crippen LogP contribution in [0.4, 0.5) is 5.69 Å². The zero-order valence-electron chi connectivity index (χ0n) is 23.4. The Kier molecular flexibility index (Phi) is 6.55. The summed E-state index contributed by atoms with van der Waals surface area (Å²) < 4.78 is 6.16. The molecule has 1 N–H and O–H groups in total. The number of hydrogen-bond acceptors (Lipinski definition) is 7. The number of carboxylic acids is 1. The van der Waals surface area contributed by atoms with Gasteiger partial charge in [0, 0.05) is 49.2 Å². The maximum absolute atomic E-state index is 13.4. The van der Waals surface area contributed by atoms with Gasteiger partial charge in [-0.25, -0.2) is 9.59 Å². The number of thiophene rings is 2. The molecule has 0 saturated heterocycles. The maximum Gasteiger partial charge on any atom is 0.346 e. The maximum atomic E-state index is 13.4. The van der Waals surface area contributed by atoms with Crippen molar-refractivity contribution >= 4 is 63.5 Å². The molecule has 1 aromatic carbocycles. The number of nitriles is 1. The number of fused-ring (bicyclic) bond motifs is 2. The predicted octanol–water partition coefficient (Wildman–Crippen LogP) is 7.91. The zero-order valence-corrected chi connectivity index (χ0v) is 25.0. The van der Waals surface area contributed by atoms with Gasteiger partial charge in [-0.05, 0) is 83.9 Å². The summed E-state index contributed by atoms with van der Waals surface area (Å²) in [6.45, 7) is 11.2. The van der Waals surface area contributed by atoms with Crippen molar-refractivity contribution < 1.29 is 14.3 Å². The van der Waals surface area contributed by atoms with E-state index in [-0.39, 0.29) is 22.0 Å². The number of benzene rings is 1. The monoisotopic (exact) mass is 582 g/mol. The quantitative estimate of drug-likeness (QED) is 0.146. The predicted molar refractivity (Wildman–Crippen MR) is 168 cm³/mol. The molecule has 5 heterocycles. The summed E-state index contributed by atoms with van der Waals surface area (Å²) >= 11 is 2.92. The number of hydrogen-bond donors (Lipinski definition) is 1. The van der Waals surface area contributed by atoms with E-state index in [2.05, 4.69) is 38.7 Å². The Labute approximate surface area is 246 Å². The number of nitrogens with zero attached hydrogens (tertiary/aromatic N) is 2. The molecule has 4 aromatic rings. The van der Waals surface area contributed by atoms with Crippen molar-refractivity contribution in [1.29, 1.82) is 5.26 Å². The Morgan fingerprint density at radius 2 is 1.66 bits per heavy atom. The standard InChI is InChI=1S/C33H30N2O4S2/c1-32(2)11-13-35-14-12-33(3,4)27-28(35)25(32)17-19-16-24(31(38)39-29(19)27)26-10-9-22(41-26)6-5-21-7-8-23(40-21)15-20(18-34)30(36)37/h5-10,15-17H,11-14H2,1-4H3,(H,36,37). The molecule has 0 saturated carbocycles. The van der Waals surface area contributed by atoms with Crippen LogP contribution in [0.1, 0.15) is 66.3 Å². The molecule has 0 bridgehead atoms. The number of aliphatic carboxylic acids is 1. The van der Waals surface area contributed by atoms with Crippen LogP contribution in [0, 0.1) is 11.3 Å². The van der Waals surface area contributed by atoms with Gasteiger partial charge in [0.25, 0.3) is 0 Å². The van der Waals surface area contributed by atoms with Crippen LogP contribution in [0.25, 0.3) is 39.6 Å². The van der Waals surface area contributed by atoms with E-state index in [0.29, 0.717) is 16.0 Å². The molecule has 0 radical (unpaired) electrons. The third-order valence-corrected chi connectivity index (χ3v) is 10.4. The van der Waals surface area contributed by atoms with E-state index >= 15 is 0 Å². The van der Waals surface area contributed by atoms with E-state index in [1.807, 2.05) is 36.4 Å². The lowest BCUT2D eigenvalue weighted by atomic mass is 9.69. The normalized spacial score (nSPS) is 17.5. The van der Waals surface area contributed by atoms with E-state index in [4.69, 9.17) is 14.8 Å². The second-order valence-electron chi connectivity index (χ2n) is 12.0. The highest BCUT2D eigenvalue weighted by Gasteiger charge is 2.42. The van der Waals surface area contributed by atoms with Gasteiger partial charge in [-0.15, -0.1) is 22.7 Å². The van der Waals surface area contributed by atoms with Gasteiger partial charge in [-0.1, -0.05) is 27.7 Å². The highest BCUT2D eigenvalue weighted by atomic mass is 32.1. The zero-order chi connectivity index (χ0) is 29.1. The van der Waals surface area contributed by atoms with E-state index in [0.717, 1.165) is 51.5 Å². The molecular weight excluding hydrogens is 553 g/mol. The lowest BCUT2D eigenvalue weighted by Gasteiger charge is -2.48. The first-order chi connectivity index (χ1) is 19.5. The molecule has 0 fully saturated rings. The molecule has 41 heavy (non-hydrogen) atoms. The molecule has 0 atom stereocenters.